The lowest BCUT2D eigenvalue weighted by Crippen LogP contribution is -2.32. The number of likely N-dealkylation sites (tertiary alicyclic amines) is 1. The second-order valence-electron chi connectivity index (χ2n) is 6.69. The van der Waals surface area contributed by atoms with E-state index < -0.39 is 0 Å². The molecule has 2 aromatic carbocycles. The third kappa shape index (κ3) is 3.04. The molecule has 0 bridgehead atoms. The standard InChI is InChI=1S/C21H24N2O/c1-24-18-6-4-5-16(13-18)15-23-11-9-17(10-12-23)20-14-22-21-8-3-2-7-19(20)21/h2-8,13-14,17,22H,9-12,15H2,1H3. The number of rotatable bonds is 4. The zero-order chi connectivity index (χ0) is 16.4. The average molecular weight is 320 g/mol. The van der Waals surface area contributed by atoms with E-state index >= 15 is 0 Å². The highest BCUT2D eigenvalue weighted by molar-refractivity contribution is 5.83. The summed E-state index contributed by atoms with van der Waals surface area (Å²) in [6.07, 6.45) is 4.67. The van der Waals surface area contributed by atoms with E-state index in [0.29, 0.717) is 5.92 Å². The van der Waals surface area contributed by atoms with Gasteiger partial charge in [0.15, 0.2) is 0 Å². The Balaban J connectivity index is 1.41. The fraction of sp³-hybridized carbons (Fsp3) is 0.333. The van der Waals surface area contributed by atoms with Crippen molar-refractivity contribution in [1.29, 1.82) is 0 Å². The molecule has 3 heteroatoms. The fourth-order valence-corrected chi connectivity index (χ4v) is 3.86. The lowest BCUT2D eigenvalue weighted by atomic mass is 9.89. The zero-order valence-electron chi connectivity index (χ0n) is 14.2. The summed E-state index contributed by atoms with van der Waals surface area (Å²) >= 11 is 0. The number of benzene rings is 2. The number of ether oxygens (including phenoxy) is 1. The van der Waals surface area contributed by atoms with E-state index in [1.54, 1.807) is 7.11 Å². The molecular formula is C21H24N2O. The van der Waals surface area contributed by atoms with Crippen LogP contribution in [0.4, 0.5) is 0 Å². The van der Waals surface area contributed by atoms with Gasteiger partial charge in [0, 0.05) is 23.6 Å². The number of nitrogens with zero attached hydrogens (tertiary/aromatic N) is 1. The number of piperidine rings is 1. The number of nitrogens with one attached hydrogen (secondary N) is 1. The van der Waals surface area contributed by atoms with Gasteiger partial charge in [0.1, 0.15) is 5.75 Å². The van der Waals surface area contributed by atoms with Crippen molar-refractivity contribution in [3.05, 3.63) is 65.9 Å². The van der Waals surface area contributed by atoms with E-state index in [1.807, 2.05) is 6.07 Å². The number of fused-ring (bicyclic) bond motifs is 1. The largest absolute Gasteiger partial charge is 0.497 e. The van der Waals surface area contributed by atoms with E-state index in [9.17, 15) is 0 Å². The number of hydrogen-bond acceptors (Lipinski definition) is 2. The minimum Gasteiger partial charge on any atom is -0.497 e. The first kappa shape index (κ1) is 15.3. The van der Waals surface area contributed by atoms with E-state index in [2.05, 4.69) is 58.5 Å². The van der Waals surface area contributed by atoms with Gasteiger partial charge in [-0.25, -0.2) is 0 Å². The Labute approximate surface area is 143 Å². The van der Waals surface area contributed by atoms with Crippen molar-refractivity contribution in [2.45, 2.75) is 25.3 Å². The lowest BCUT2D eigenvalue weighted by Gasteiger charge is -2.32. The fourth-order valence-electron chi connectivity index (χ4n) is 3.86. The summed E-state index contributed by atoms with van der Waals surface area (Å²) in [5.41, 5.74) is 4.08. The average Bonchev–Trinajstić information content (AvgIpc) is 3.07. The second-order valence-corrected chi connectivity index (χ2v) is 6.69. The van der Waals surface area contributed by atoms with Crippen LogP contribution in [0.25, 0.3) is 10.9 Å². The molecule has 4 rings (SSSR count). The van der Waals surface area contributed by atoms with Gasteiger partial charge in [-0.1, -0.05) is 30.3 Å². The molecule has 1 aromatic heterocycles. The number of hydrogen-bond donors (Lipinski definition) is 1. The third-order valence-corrected chi connectivity index (χ3v) is 5.19. The van der Waals surface area contributed by atoms with E-state index in [4.69, 9.17) is 4.74 Å². The van der Waals surface area contributed by atoms with Crippen LogP contribution in [-0.2, 0) is 6.54 Å². The van der Waals surface area contributed by atoms with E-state index in [-0.39, 0.29) is 0 Å². The highest BCUT2D eigenvalue weighted by Gasteiger charge is 2.22. The van der Waals surface area contributed by atoms with E-state index in [1.165, 1.54) is 34.9 Å². The van der Waals surface area contributed by atoms with Crippen molar-refractivity contribution in [2.24, 2.45) is 0 Å². The summed E-state index contributed by atoms with van der Waals surface area (Å²) in [5.74, 6) is 1.61. The van der Waals surface area contributed by atoms with Crippen LogP contribution < -0.4 is 4.74 Å². The number of methoxy groups -OCH3 is 1. The maximum absolute atomic E-state index is 5.33. The summed E-state index contributed by atoms with van der Waals surface area (Å²) in [6.45, 7) is 3.32. The normalized spacial score (nSPS) is 16.5. The summed E-state index contributed by atoms with van der Waals surface area (Å²) in [6, 6.07) is 17.1. The van der Waals surface area contributed by atoms with Crippen LogP contribution in [0, 0.1) is 0 Å². The molecule has 0 saturated carbocycles. The van der Waals surface area contributed by atoms with Gasteiger partial charge in [-0.05, 0) is 61.2 Å². The molecule has 0 spiro atoms. The van der Waals surface area contributed by atoms with Gasteiger partial charge in [-0.15, -0.1) is 0 Å². The van der Waals surface area contributed by atoms with Gasteiger partial charge in [-0.3, -0.25) is 4.90 Å². The minimum absolute atomic E-state index is 0.669. The number of aromatic amines is 1. The Bertz CT molecular complexity index is 815. The molecule has 3 nitrogen and oxygen atoms in total. The molecule has 1 aliphatic rings. The van der Waals surface area contributed by atoms with Crippen LogP contribution >= 0.6 is 0 Å². The van der Waals surface area contributed by atoms with Crippen LogP contribution in [0.1, 0.15) is 29.9 Å². The van der Waals surface area contributed by atoms with E-state index in [0.717, 1.165) is 25.4 Å². The van der Waals surface area contributed by atoms with Crippen LogP contribution in [0.5, 0.6) is 5.75 Å². The topological polar surface area (TPSA) is 28.3 Å². The molecule has 3 aromatic rings. The van der Waals surface area contributed by atoms with Crippen molar-refractivity contribution in [2.75, 3.05) is 20.2 Å². The maximum Gasteiger partial charge on any atom is 0.119 e. The highest BCUT2D eigenvalue weighted by Crippen LogP contribution is 2.33. The Morgan fingerprint density at radius 3 is 2.75 bits per heavy atom. The molecule has 1 N–H and O–H groups in total. The maximum atomic E-state index is 5.33. The quantitative estimate of drug-likeness (QED) is 0.763. The van der Waals surface area contributed by atoms with Gasteiger partial charge in [0.2, 0.25) is 0 Å². The van der Waals surface area contributed by atoms with Gasteiger partial charge in [0.25, 0.3) is 0 Å². The minimum atomic E-state index is 0.669. The van der Waals surface area contributed by atoms with Gasteiger partial charge >= 0.3 is 0 Å². The number of aromatic nitrogens is 1. The Morgan fingerprint density at radius 2 is 1.92 bits per heavy atom. The molecule has 0 aliphatic carbocycles. The number of para-hydroxylation sites is 1. The molecule has 2 heterocycles. The molecule has 1 fully saturated rings. The first-order chi connectivity index (χ1) is 11.8. The lowest BCUT2D eigenvalue weighted by molar-refractivity contribution is 0.205. The SMILES string of the molecule is COc1cccc(CN2CCC(c3c[nH]c4ccccc34)CC2)c1. The molecule has 0 radical (unpaired) electrons. The van der Waals surface area contributed by atoms with Gasteiger partial charge < -0.3 is 9.72 Å². The molecule has 124 valence electrons. The highest BCUT2D eigenvalue weighted by atomic mass is 16.5. The molecule has 24 heavy (non-hydrogen) atoms. The van der Waals surface area contributed by atoms with Gasteiger partial charge in [0.05, 0.1) is 7.11 Å². The first-order valence-electron chi connectivity index (χ1n) is 8.75. The van der Waals surface area contributed by atoms with Crippen LogP contribution in [0.15, 0.2) is 54.7 Å². The van der Waals surface area contributed by atoms with Crippen LogP contribution in [0.3, 0.4) is 0 Å². The summed E-state index contributed by atoms with van der Waals surface area (Å²) in [5, 5.41) is 1.39. The van der Waals surface area contributed by atoms with Crippen molar-refractivity contribution in [3.8, 4) is 5.75 Å². The summed E-state index contributed by atoms with van der Waals surface area (Å²) in [4.78, 5) is 5.98. The zero-order valence-corrected chi connectivity index (χ0v) is 14.2. The Kier molecular flexibility index (Phi) is 4.26. The van der Waals surface area contributed by atoms with Crippen molar-refractivity contribution >= 4 is 10.9 Å². The summed E-state index contributed by atoms with van der Waals surface area (Å²) in [7, 11) is 1.73. The number of H-pyrrole nitrogens is 1. The molecule has 0 unspecified atom stereocenters. The molecule has 0 amide bonds. The molecule has 1 aliphatic heterocycles. The monoisotopic (exact) mass is 320 g/mol. The van der Waals surface area contributed by atoms with Gasteiger partial charge in [-0.2, -0.15) is 0 Å². The second kappa shape index (κ2) is 6.70. The smallest absolute Gasteiger partial charge is 0.119 e. The molecule has 1 saturated heterocycles. The van der Waals surface area contributed by atoms with Crippen LogP contribution in [-0.4, -0.2) is 30.1 Å². The Hall–Kier alpha value is -2.26. The molecule has 0 atom stereocenters. The summed E-state index contributed by atoms with van der Waals surface area (Å²) < 4.78 is 5.33. The first-order valence-corrected chi connectivity index (χ1v) is 8.75. The van der Waals surface area contributed by atoms with Crippen LogP contribution in [0.2, 0.25) is 0 Å². The predicted molar refractivity (Wildman–Crippen MR) is 98.5 cm³/mol. The predicted octanol–water partition coefficient (Wildman–Crippen LogP) is 4.56. The van der Waals surface area contributed by atoms with Crippen molar-refractivity contribution < 1.29 is 4.74 Å². The van der Waals surface area contributed by atoms with Crippen molar-refractivity contribution in [1.82, 2.24) is 9.88 Å². The molecular weight excluding hydrogens is 296 g/mol. The van der Waals surface area contributed by atoms with Crippen molar-refractivity contribution in [3.63, 3.8) is 0 Å². The third-order valence-electron chi connectivity index (χ3n) is 5.19. The Morgan fingerprint density at radius 1 is 1.08 bits per heavy atom.